The van der Waals surface area contributed by atoms with Gasteiger partial charge in [-0.2, -0.15) is 0 Å². The van der Waals surface area contributed by atoms with Crippen molar-refractivity contribution >= 4 is 41.5 Å². The van der Waals surface area contributed by atoms with E-state index in [0.29, 0.717) is 28.1 Å². The van der Waals surface area contributed by atoms with Gasteiger partial charge in [-0.3, -0.25) is 4.79 Å². The summed E-state index contributed by atoms with van der Waals surface area (Å²) in [5.41, 5.74) is 0.474. The molecule has 2 N–H and O–H groups in total. The van der Waals surface area contributed by atoms with Crippen LogP contribution in [0.25, 0.3) is 0 Å². The van der Waals surface area contributed by atoms with Crippen LogP contribution >= 0.6 is 35.6 Å². The summed E-state index contributed by atoms with van der Waals surface area (Å²) in [6, 6.07) is 4.89. The zero-order chi connectivity index (χ0) is 12.3. The number of hydrogen-bond donors (Lipinski definition) is 2. The average molecular weight is 310 g/mol. The van der Waals surface area contributed by atoms with Crippen molar-refractivity contribution in [3.63, 3.8) is 0 Å². The third-order valence-electron chi connectivity index (χ3n) is 2.89. The SMILES string of the molecule is Cl.O=C(NCC1CCNC1)c1ccc(Cl)cc1Cl. The summed E-state index contributed by atoms with van der Waals surface area (Å²) in [5.74, 6) is 0.378. The van der Waals surface area contributed by atoms with Gasteiger partial charge in [0, 0.05) is 11.6 Å². The molecule has 1 unspecified atom stereocenters. The van der Waals surface area contributed by atoms with Gasteiger partial charge >= 0.3 is 0 Å². The molecule has 1 fully saturated rings. The molecular formula is C12H15Cl3N2O. The molecule has 1 saturated heterocycles. The van der Waals surface area contributed by atoms with E-state index in [1.165, 1.54) is 0 Å². The van der Waals surface area contributed by atoms with E-state index >= 15 is 0 Å². The van der Waals surface area contributed by atoms with Crippen LogP contribution in [0.2, 0.25) is 10.0 Å². The maximum absolute atomic E-state index is 11.9. The Morgan fingerprint density at radius 2 is 2.22 bits per heavy atom. The molecule has 1 aromatic carbocycles. The number of carbonyl (C=O) groups excluding carboxylic acids is 1. The molecular weight excluding hydrogens is 295 g/mol. The standard InChI is InChI=1S/C12H14Cl2N2O.ClH/c13-9-1-2-10(11(14)5-9)12(17)16-7-8-3-4-15-6-8;/h1-2,5,8,15H,3-4,6-7H2,(H,16,17);1H. The second-order valence-corrected chi connectivity index (χ2v) is 5.04. The van der Waals surface area contributed by atoms with Crippen LogP contribution in [0.15, 0.2) is 18.2 Å². The Kier molecular flexibility index (Phi) is 6.22. The van der Waals surface area contributed by atoms with Crippen LogP contribution in [0.3, 0.4) is 0 Å². The summed E-state index contributed by atoms with van der Waals surface area (Å²) < 4.78 is 0. The van der Waals surface area contributed by atoms with E-state index in [1.54, 1.807) is 18.2 Å². The lowest BCUT2D eigenvalue weighted by atomic mass is 10.1. The predicted molar refractivity (Wildman–Crippen MR) is 77.0 cm³/mol. The number of carbonyl (C=O) groups is 1. The molecule has 1 aromatic rings. The van der Waals surface area contributed by atoms with Crippen LogP contribution < -0.4 is 10.6 Å². The van der Waals surface area contributed by atoms with Gasteiger partial charge < -0.3 is 10.6 Å². The number of hydrogen-bond acceptors (Lipinski definition) is 2. The first kappa shape index (κ1) is 15.6. The molecule has 1 atom stereocenters. The highest BCUT2D eigenvalue weighted by molar-refractivity contribution is 6.36. The first-order valence-electron chi connectivity index (χ1n) is 5.61. The number of halogens is 3. The Bertz CT molecular complexity index is 420. The minimum Gasteiger partial charge on any atom is -0.352 e. The fourth-order valence-corrected chi connectivity index (χ4v) is 2.39. The topological polar surface area (TPSA) is 41.1 Å². The van der Waals surface area contributed by atoms with E-state index in [0.717, 1.165) is 19.5 Å². The average Bonchev–Trinajstić information content (AvgIpc) is 2.78. The van der Waals surface area contributed by atoms with Crippen molar-refractivity contribution < 1.29 is 4.79 Å². The Morgan fingerprint density at radius 1 is 1.44 bits per heavy atom. The van der Waals surface area contributed by atoms with Crippen LogP contribution in [-0.4, -0.2) is 25.5 Å². The minimum atomic E-state index is -0.140. The van der Waals surface area contributed by atoms with Crippen molar-refractivity contribution in [1.82, 2.24) is 10.6 Å². The molecule has 18 heavy (non-hydrogen) atoms. The van der Waals surface area contributed by atoms with Crippen molar-refractivity contribution in [2.75, 3.05) is 19.6 Å². The molecule has 0 aromatic heterocycles. The van der Waals surface area contributed by atoms with Gasteiger partial charge in [0.1, 0.15) is 0 Å². The second-order valence-electron chi connectivity index (χ2n) is 4.19. The van der Waals surface area contributed by atoms with Gasteiger partial charge in [0.25, 0.3) is 5.91 Å². The molecule has 1 amide bonds. The summed E-state index contributed by atoms with van der Waals surface area (Å²) in [6.45, 7) is 2.68. The molecule has 0 saturated carbocycles. The molecule has 6 heteroatoms. The van der Waals surface area contributed by atoms with E-state index in [4.69, 9.17) is 23.2 Å². The monoisotopic (exact) mass is 308 g/mol. The van der Waals surface area contributed by atoms with E-state index in [2.05, 4.69) is 10.6 Å². The summed E-state index contributed by atoms with van der Waals surface area (Å²) in [7, 11) is 0. The number of benzene rings is 1. The van der Waals surface area contributed by atoms with E-state index < -0.39 is 0 Å². The van der Waals surface area contributed by atoms with Crippen molar-refractivity contribution in [2.45, 2.75) is 6.42 Å². The van der Waals surface area contributed by atoms with Gasteiger partial charge in [-0.05, 0) is 43.6 Å². The Hall–Kier alpha value is -0.480. The third kappa shape index (κ3) is 4.02. The maximum Gasteiger partial charge on any atom is 0.252 e. The molecule has 0 bridgehead atoms. The molecule has 1 heterocycles. The molecule has 1 aliphatic heterocycles. The lowest BCUT2D eigenvalue weighted by molar-refractivity contribution is 0.0948. The summed E-state index contributed by atoms with van der Waals surface area (Å²) in [4.78, 5) is 11.9. The maximum atomic E-state index is 11.9. The van der Waals surface area contributed by atoms with Gasteiger partial charge in [0.05, 0.1) is 10.6 Å². The highest BCUT2D eigenvalue weighted by Gasteiger charge is 2.16. The van der Waals surface area contributed by atoms with E-state index in [-0.39, 0.29) is 18.3 Å². The fraction of sp³-hybridized carbons (Fsp3) is 0.417. The fourth-order valence-electron chi connectivity index (χ4n) is 1.89. The highest BCUT2D eigenvalue weighted by Crippen LogP contribution is 2.20. The zero-order valence-corrected chi connectivity index (χ0v) is 12.0. The Balaban J connectivity index is 0.00000162. The molecule has 3 nitrogen and oxygen atoms in total. The van der Waals surface area contributed by atoms with Crippen LogP contribution in [0.5, 0.6) is 0 Å². The van der Waals surface area contributed by atoms with Gasteiger partial charge in [0.2, 0.25) is 0 Å². The van der Waals surface area contributed by atoms with Crippen LogP contribution in [0, 0.1) is 5.92 Å². The van der Waals surface area contributed by atoms with Gasteiger partial charge in [-0.15, -0.1) is 12.4 Å². The second kappa shape index (κ2) is 7.19. The highest BCUT2D eigenvalue weighted by atomic mass is 35.5. The van der Waals surface area contributed by atoms with Crippen molar-refractivity contribution in [1.29, 1.82) is 0 Å². The first-order chi connectivity index (χ1) is 8.16. The van der Waals surface area contributed by atoms with E-state index in [1.807, 2.05) is 0 Å². The lowest BCUT2D eigenvalue weighted by Gasteiger charge is -2.10. The summed E-state index contributed by atoms with van der Waals surface area (Å²) >= 11 is 11.7. The van der Waals surface area contributed by atoms with E-state index in [9.17, 15) is 4.79 Å². The number of nitrogens with one attached hydrogen (secondary N) is 2. The number of amides is 1. The smallest absolute Gasteiger partial charge is 0.252 e. The molecule has 1 aliphatic rings. The largest absolute Gasteiger partial charge is 0.352 e. The van der Waals surface area contributed by atoms with Crippen molar-refractivity contribution in [2.24, 2.45) is 5.92 Å². The molecule has 0 aliphatic carbocycles. The van der Waals surface area contributed by atoms with Crippen LogP contribution in [0.1, 0.15) is 16.8 Å². The van der Waals surface area contributed by atoms with Crippen molar-refractivity contribution in [3.8, 4) is 0 Å². The quantitative estimate of drug-likeness (QED) is 0.901. The summed E-state index contributed by atoms with van der Waals surface area (Å²) in [6.07, 6.45) is 1.11. The van der Waals surface area contributed by atoms with Gasteiger partial charge in [-0.1, -0.05) is 23.2 Å². The summed E-state index contributed by atoms with van der Waals surface area (Å²) in [5, 5.41) is 7.08. The lowest BCUT2D eigenvalue weighted by Crippen LogP contribution is -2.30. The Labute approximate surface area is 123 Å². The number of rotatable bonds is 3. The predicted octanol–water partition coefficient (Wildman–Crippen LogP) is 2.75. The minimum absolute atomic E-state index is 0. The van der Waals surface area contributed by atoms with Crippen LogP contribution in [-0.2, 0) is 0 Å². The van der Waals surface area contributed by atoms with Gasteiger partial charge in [0.15, 0.2) is 0 Å². The third-order valence-corrected chi connectivity index (χ3v) is 3.44. The van der Waals surface area contributed by atoms with Gasteiger partial charge in [-0.25, -0.2) is 0 Å². The first-order valence-corrected chi connectivity index (χ1v) is 6.36. The molecule has 0 spiro atoms. The van der Waals surface area contributed by atoms with Crippen LogP contribution in [0.4, 0.5) is 0 Å². The molecule has 100 valence electrons. The Morgan fingerprint density at radius 3 is 2.83 bits per heavy atom. The zero-order valence-electron chi connectivity index (χ0n) is 9.71. The molecule has 0 radical (unpaired) electrons. The normalized spacial score (nSPS) is 18.2. The molecule has 2 rings (SSSR count). The van der Waals surface area contributed by atoms with Crippen molar-refractivity contribution in [3.05, 3.63) is 33.8 Å².